The molecule has 1 aromatic heterocycles. The van der Waals surface area contributed by atoms with Crippen molar-refractivity contribution < 1.29 is 27.1 Å². The van der Waals surface area contributed by atoms with Gasteiger partial charge in [0.15, 0.2) is 0 Å². The summed E-state index contributed by atoms with van der Waals surface area (Å²) in [6.07, 6.45) is 1.44. The summed E-state index contributed by atoms with van der Waals surface area (Å²) in [6.45, 7) is 2.73. The molecule has 0 saturated carbocycles. The standard InChI is InChI=1S/C28H29FN4O5S2/c1-20-4-13-25-26(18-20)39-28(31-25)33(30-19-21-5-9-23(29)10-6-21)27(34)22-7-11-24(12-8-22)40(35,36)32(14-16-37-2)15-17-38-3/h4-13,18-19H,14-17H2,1-3H3/b30-19+. The number of aromatic nitrogens is 1. The van der Waals surface area contributed by atoms with Gasteiger partial charge in [-0.05, 0) is 66.6 Å². The van der Waals surface area contributed by atoms with Crippen LogP contribution in [0.5, 0.6) is 0 Å². The van der Waals surface area contributed by atoms with Crippen molar-refractivity contribution in [3.05, 3.63) is 89.2 Å². The Hall–Kier alpha value is -3.55. The summed E-state index contributed by atoms with van der Waals surface area (Å²) in [4.78, 5) is 18.3. The molecule has 0 saturated heterocycles. The first kappa shape index (κ1) is 29.4. The van der Waals surface area contributed by atoms with Crippen LogP contribution < -0.4 is 5.01 Å². The molecule has 12 heteroatoms. The van der Waals surface area contributed by atoms with Gasteiger partial charge < -0.3 is 9.47 Å². The minimum atomic E-state index is -3.85. The first-order valence-electron chi connectivity index (χ1n) is 12.3. The van der Waals surface area contributed by atoms with Gasteiger partial charge in [0.25, 0.3) is 5.91 Å². The number of sulfonamides is 1. The number of hydrogen-bond acceptors (Lipinski definition) is 8. The molecule has 1 amide bonds. The number of hydrazone groups is 1. The van der Waals surface area contributed by atoms with Gasteiger partial charge in [0.05, 0.1) is 34.5 Å². The van der Waals surface area contributed by atoms with Crippen molar-refractivity contribution in [1.29, 1.82) is 0 Å². The van der Waals surface area contributed by atoms with E-state index in [-0.39, 0.29) is 42.6 Å². The largest absolute Gasteiger partial charge is 0.383 e. The van der Waals surface area contributed by atoms with E-state index in [4.69, 9.17) is 9.47 Å². The smallest absolute Gasteiger partial charge is 0.280 e. The summed E-state index contributed by atoms with van der Waals surface area (Å²) in [5.41, 5.74) is 2.57. The van der Waals surface area contributed by atoms with E-state index in [0.29, 0.717) is 16.2 Å². The van der Waals surface area contributed by atoms with E-state index in [1.165, 1.54) is 72.5 Å². The molecule has 0 unspecified atom stereocenters. The van der Waals surface area contributed by atoms with Gasteiger partial charge in [-0.15, -0.1) is 0 Å². The minimum Gasteiger partial charge on any atom is -0.383 e. The van der Waals surface area contributed by atoms with Crippen LogP contribution in [-0.2, 0) is 19.5 Å². The number of benzene rings is 3. The zero-order valence-corrected chi connectivity index (χ0v) is 23.9. The van der Waals surface area contributed by atoms with Crippen LogP contribution in [0.25, 0.3) is 10.2 Å². The number of halogens is 1. The fourth-order valence-corrected chi connectivity index (χ4v) is 6.18. The van der Waals surface area contributed by atoms with Gasteiger partial charge in [-0.2, -0.15) is 14.4 Å². The van der Waals surface area contributed by atoms with Gasteiger partial charge >= 0.3 is 0 Å². The normalized spacial score (nSPS) is 12.0. The molecule has 0 aliphatic carbocycles. The van der Waals surface area contributed by atoms with E-state index >= 15 is 0 Å². The fraction of sp³-hybridized carbons (Fsp3) is 0.250. The van der Waals surface area contributed by atoms with Crippen LogP contribution in [0.4, 0.5) is 9.52 Å². The summed E-state index contributed by atoms with van der Waals surface area (Å²) in [7, 11) is -0.857. The molecule has 4 aromatic rings. The molecule has 210 valence electrons. The third-order valence-electron chi connectivity index (χ3n) is 5.93. The molecule has 0 atom stereocenters. The van der Waals surface area contributed by atoms with Gasteiger partial charge in [-0.1, -0.05) is 29.5 Å². The zero-order valence-electron chi connectivity index (χ0n) is 22.3. The summed E-state index contributed by atoms with van der Waals surface area (Å²) in [5.74, 6) is -0.890. The number of rotatable bonds is 12. The van der Waals surface area contributed by atoms with Gasteiger partial charge in [-0.25, -0.2) is 17.8 Å². The van der Waals surface area contributed by atoms with Crippen LogP contribution in [0.2, 0.25) is 0 Å². The Morgan fingerprint density at radius 3 is 2.27 bits per heavy atom. The lowest BCUT2D eigenvalue weighted by atomic mass is 10.2. The second kappa shape index (κ2) is 13.2. The predicted molar refractivity (Wildman–Crippen MR) is 154 cm³/mol. The Kier molecular flexibility index (Phi) is 9.71. The summed E-state index contributed by atoms with van der Waals surface area (Å²) < 4.78 is 52.1. The van der Waals surface area contributed by atoms with Gasteiger partial charge in [0, 0.05) is 32.9 Å². The van der Waals surface area contributed by atoms with Crippen molar-refractivity contribution >= 4 is 48.8 Å². The highest BCUT2D eigenvalue weighted by molar-refractivity contribution is 7.89. The summed E-state index contributed by atoms with van der Waals surface area (Å²) in [5, 5.41) is 5.89. The number of aryl methyl sites for hydroxylation is 1. The highest BCUT2D eigenvalue weighted by Crippen LogP contribution is 2.31. The Morgan fingerprint density at radius 2 is 1.65 bits per heavy atom. The Labute approximate surface area is 236 Å². The number of hydrogen-bond donors (Lipinski definition) is 0. The molecule has 3 aromatic carbocycles. The van der Waals surface area contributed by atoms with Crippen LogP contribution in [0, 0.1) is 12.7 Å². The Balaban J connectivity index is 1.66. The molecule has 40 heavy (non-hydrogen) atoms. The SMILES string of the molecule is COCCN(CCOC)S(=O)(=O)c1ccc(C(=O)N(/N=C/c2ccc(F)cc2)c2nc3ccc(C)cc3s2)cc1. The summed E-state index contributed by atoms with van der Waals surface area (Å²) >= 11 is 1.30. The number of fused-ring (bicyclic) bond motifs is 1. The third kappa shape index (κ3) is 6.95. The number of carbonyl (C=O) groups is 1. The van der Waals surface area contributed by atoms with Crippen molar-refractivity contribution in [3.63, 3.8) is 0 Å². The van der Waals surface area contributed by atoms with Crippen LogP contribution in [0.1, 0.15) is 21.5 Å². The van der Waals surface area contributed by atoms with E-state index in [1.807, 2.05) is 25.1 Å². The number of amides is 1. The monoisotopic (exact) mass is 584 g/mol. The van der Waals surface area contributed by atoms with Crippen molar-refractivity contribution in [2.75, 3.05) is 45.5 Å². The molecule has 0 N–H and O–H groups in total. The highest BCUT2D eigenvalue weighted by Gasteiger charge is 2.26. The van der Waals surface area contributed by atoms with E-state index in [9.17, 15) is 17.6 Å². The first-order valence-corrected chi connectivity index (χ1v) is 14.6. The molecule has 0 aliphatic heterocycles. The van der Waals surface area contributed by atoms with E-state index in [2.05, 4.69) is 10.1 Å². The van der Waals surface area contributed by atoms with Crippen LogP contribution >= 0.6 is 11.3 Å². The maximum atomic E-state index is 13.7. The van der Waals surface area contributed by atoms with Crippen molar-refractivity contribution in [3.8, 4) is 0 Å². The van der Waals surface area contributed by atoms with Gasteiger partial charge in [0.1, 0.15) is 5.82 Å². The van der Waals surface area contributed by atoms with Gasteiger partial charge in [0.2, 0.25) is 15.2 Å². The summed E-state index contributed by atoms with van der Waals surface area (Å²) in [6, 6.07) is 17.1. The molecule has 9 nitrogen and oxygen atoms in total. The van der Waals surface area contributed by atoms with Crippen molar-refractivity contribution in [1.82, 2.24) is 9.29 Å². The minimum absolute atomic E-state index is 0.0353. The van der Waals surface area contributed by atoms with Crippen molar-refractivity contribution in [2.45, 2.75) is 11.8 Å². The van der Waals surface area contributed by atoms with Gasteiger partial charge in [-0.3, -0.25) is 4.79 Å². The van der Waals surface area contributed by atoms with E-state index in [0.717, 1.165) is 15.3 Å². The van der Waals surface area contributed by atoms with E-state index in [1.54, 1.807) is 12.1 Å². The lowest BCUT2D eigenvalue weighted by Gasteiger charge is -2.21. The van der Waals surface area contributed by atoms with E-state index < -0.39 is 15.9 Å². The highest BCUT2D eigenvalue weighted by atomic mass is 32.2. The van der Waals surface area contributed by atoms with Crippen LogP contribution in [0.3, 0.4) is 0 Å². The predicted octanol–water partition coefficient (Wildman–Crippen LogP) is 4.71. The second-order valence-electron chi connectivity index (χ2n) is 8.79. The molecule has 0 bridgehead atoms. The number of thiazole rings is 1. The second-order valence-corrected chi connectivity index (χ2v) is 11.7. The molecule has 4 rings (SSSR count). The third-order valence-corrected chi connectivity index (χ3v) is 8.83. The molecule has 0 radical (unpaired) electrons. The molecular formula is C28H29FN4O5S2. The molecule has 0 fully saturated rings. The quantitative estimate of drug-likeness (QED) is 0.177. The molecular weight excluding hydrogens is 555 g/mol. The number of ether oxygens (including phenoxy) is 2. The number of methoxy groups -OCH3 is 2. The average molecular weight is 585 g/mol. The molecule has 0 aliphatic rings. The Morgan fingerprint density at radius 1 is 1.00 bits per heavy atom. The molecule has 0 spiro atoms. The van der Waals surface area contributed by atoms with Crippen molar-refractivity contribution in [2.24, 2.45) is 5.10 Å². The number of anilines is 1. The topological polar surface area (TPSA) is 101 Å². The number of nitrogens with zero attached hydrogens (tertiary/aromatic N) is 4. The Bertz CT molecular complexity index is 1580. The zero-order chi connectivity index (χ0) is 28.7. The molecule has 1 heterocycles. The van der Waals surface area contributed by atoms with Crippen LogP contribution in [-0.4, -0.2) is 70.4 Å². The number of carbonyl (C=O) groups excluding carboxylic acids is 1. The first-order chi connectivity index (χ1) is 19.2. The maximum absolute atomic E-state index is 13.7. The maximum Gasteiger partial charge on any atom is 0.280 e. The lowest BCUT2D eigenvalue weighted by molar-refractivity contribution is 0.0987. The average Bonchev–Trinajstić information content (AvgIpc) is 3.36. The van der Waals surface area contributed by atoms with Crippen LogP contribution in [0.15, 0.2) is 76.7 Å². The fourth-order valence-electron chi connectivity index (χ4n) is 3.75. The lowest BCUT2D eigenvalue weighted by Crippen LogP contribution is -2.36.